The minimum atomic E-state index is -0.598. The number of carbonyl (C=O) groups is 3. The molecule has 0 N–H and O–H groups in total. The second kappa shape index (κ2) is 6.67. The van der Waals surface area contributed by atoms with Crippen LogP contribution in [0.4, 0.5) is 4.79 Å². The van der Waals surface area contributed by atoms with Crippen LogP contribution in [0.25, 0.3) is 0 Å². The van der Waals surface area contributed by atoms with Gasteiger partial charge in [-0.1, -0.05) is 13.3 Å². The average Bonchev–Trinajstić information content (AvgIpc) is 2.87. The number of amidine groups is 1. The van der Waals surface area contributed by atoms with Gasteiger partial charge >= 0.3 is 12.0 Å². The molecule has 0 aromatic rings. The van der Waals surface area contributed by atoms with Crippen molar-refractivity contribution >= 4 is 30.1 Å². The van der Waals surface area contributed by atoms with E-state index in [-0.39, 0.29) is 18.9 Å². The maximum atomic E-state index is 12.4. The monoisotopic (exact) mass is 309 g/mol. The first-order valence-electron chi connectivity index (χ1n) is 7.35. The summed E-state index contributed by atoms with van der Waals surface area (Å²) in [6, 6.07) is -1.07. The Morgan fingerprint density at radius 3 is 2.86 bits per heavy atom. The number of esters is 1. The molecule has 0 bridgehead atoms. The first-order valence-corrected chi connectivity index (χ1v) is 7.35. The molecule has 1 fully saturated rings. The molecular weight excluding hydrogens is 288 g/mol. The van der Waals surface area contributed by atoms with Crippen LogP contribution >= 0.6 is 0 Å². The highest BCUT2D eigenvalue weighted by molar-refractivity contribution is 6.21. The van der Waals surface area contributed by atoms with Crippen LogP contribution < -0.4 is 0 Å². The third kappa shape index (κ3) is 3.00. The lowest BCUT2D eigenvalue weighted by molar-refractivity contribution is -0.500. The third-order valence-electron chi connectivity index (χ3n) is 3.69. The van der Waals surface area contributed by atoms with Crippen molar-refractivity contribution in [3.63, 3.8) is 0 Å². The minimum absolute atomic E-state index is 0.00165. The Labute approximate surface area is 129 Å². The van der Waals surface area contributed by atoms with Gasteiger partial charge in [0.15, 0.2) is 0 Å². The van der Waals surface area contributed by atoms with E-state index in [0.29, 0.717) is 12.4 Å². The number of fused-ring (bicyclic) bond motifs is 1. The topological polar surface area (TPSA) is 82.3 Å². The molecule has 8 nitrogen and oxygen atoms in total. The van der Waals surface area contributed by atoms with Crippen LogP contribution in [-0.4, -0.2) is 77.7 Å². The molecule has 8 heteroatoms. The number of unbranched alkanes of at least 4 members (excludes halogenated alkanes) is 1. The number of carbonyl (C=O) groups excluding carboxylic acids is 3. The molecule has 0 aromatic heterocycles. The molecule has 2 aliphatic heterocycles. The highest BCUT2D eigenvalue weighted by Crippen LogP contribution is 2.17. The number of amides is 3. The van der Waals surface area contributed by atoms with Crippen LogP contribution in [-0.2, 0) is 14.3 Å². The summed E-state index contributed by atoms with van der Waals surface area (Å²) in [7, 11) is 3.29. The number of nitrogens with zero attached hydrogens (tertiary/aromatic N) is 4. The zero-order chi connectivity index (χ0) is 16.3. The standard InChI is InChI=1S/C14H21N4O4/c1-4-5-8-22-10(19)6-7-18-13(20)11-12(15-9-16(11)2)17(3)14(18)21/h9,11H,4-8H2,1-3H3/q+1. The maximum absolute atomic E-state index is 12.4. The summed E-state index contributed by atoms with van der Waals surface area (Å²) in [5.41, 5.74) is 0. The molecule has 22 heavy (non-hydrogen) atoms. The van der Waals surface area contributed by atoms with Crippen LogP contribution in [0.5, 0.6) is 0 Å². The first kappa shape index (κ1) is 16.1. The summed E-state index contributed by atoms with van der Waals surface area (Å²) in [5.74, 6) is -0.346. The van der Waals surface area contributed by atoms with Gasteiger partial charge in [-0.25, -0.2) is 9.37 Å². The van der Waals surface area contributed by atoms with E-state index in [1.807, 2.05) is 6.92 Å². The Bertz CT molecular complexity index is 555. The van der Waals surface area contributed by atoms with Gasteiger partial charge in [0.05, 0.1) is 20.1 Å². The van der Waals surface area contributed by atoms with E-state index in [0.717, 1.165) is 17.7 Å². The predicted octanol–water partition coefficient (Wildman–Crippen LogP) is 0.0651. The van der Waals surface area contributed by atoms with Crippen molar-refractivity contribution in [2.75, 3.05) is 27.2 Å². The van der Waals surface area contributed by atoms with E-state index in [1.165, 1.54) is 11.2 Å². The molecule has 0 saturated carbocycles. The lowest BCUT2D eigenvalue weighted by Gasteiger charge is -2.32. The van der Waals surface area contributed by atoms with Gasteiger partial charge < -0.3 is 4.74 Å². The summed E-state index contributed by atoms with van der Waals surface area (Å²) >= 11 is 0. The van der Waals surface area contributed by atoms with Gasteiger partial charge in [-0.15, -0.1) is 0 Å². The van der Waals surface area contributed by atoms with Crippen molar-refractivity contribution in [1.82, 2.24) is 9.80 Å². The Balaban J connectivity index is 1.97. The minimum Gasteiger partial charge on any atom is -0.466 e. The third-order valence-corrected chi connectivity index (χ3v) is 3.69. The molecule has 0 radical (unpaired) electrons. The van der Waals surface area contributed by atoms with Crippen molar-refractivity contribution in [3.05, 3.63) is 0 Å². The fourth-order valence-electron chi connectivity index (χ4n) is 2.36. The van der Waals surface area contributed by atoms with Gasteiger partial charge in [0.2, 0.25) is 0 Å². The number of urea groups is 1. The lowest BCUT2D eigenvalue weighted by atomic mass is 10.1. The SMILES string of the molecule is CCCCOC(=O)CCN1C(=O)C2C(=NC=[N+]2C)N(C)C1=O. The first-order chi connectivity index (χ1) is 10.5. The van der Waals surface area contributed by atoms with Crippen molar-refractivity contribution < 1.29 is 23.7 Å². The summed E-state index contributed by atoms with van der Waals surface area (Å²) < 4.78 is 6.68. The molecular formula is C14H21N4O4+. The molecule has 2 rings (SSSR count). The van der Waals surface area contributed by atoms with E-state index in [1.54, 1.807) is 18.7 Å². The molecule has 1 unspecified atom stereocenters. The number of aliphatic imine (C=N–C) groups is 1. The predicted molar refractivity (Wildman–Crippen MR) is 78.8 cm³/mol. The van der Waals surface area contributed by atoms with Gasteiger partial charge in [0.25, 0.3) is 24.1 Å². The molecule has 0 aromatic carbocycles. The largest absolute Gasteiger partial charge is 0.466 e. The van der Waals surface area contributed by atoms with Crippen molar-refractivity contribution in [2.24, 2.45) is 4.99 Å². The smallest absolute Gasteiger partial charge is 0.333 e. The van der Waals surface area contributed by atoms with Crippen LogP contribution in [0.2, 0.25) is 0 Å². The van der Waals surface area contributed by atoms with Gasteiger partial charge in [-0.05, 0) is 11.4 Å². The molecule has 1 saturated heterocycles. The molecule has 3 amide bonds. The second-order valence-electron chi connectivity index (χ2n) is 5.33. The zero-order valence-corrected chi connectivity index (χ0v) is 13.1. The highest BCUT2D eigenvalue weighted by atomic mass is 16.5. The summed E-state index contributed by atoms with van der Waals surface area (Å²) in [6.07, 6.45) is 3.26. The summed E-state index contributed by atoms with van der Waals surface area (Å²) in [4.78, 5) is 42.8. The summed E-state index contributed by atoms with van der Waals surface area (Å²) in [5, 5.41) is 0. The number of imide groups is 1. The normalized spacial score (nSPS) is 20.8. The second-order valence-corrected chi connectivity index (χ2v) is 5.33. The number of hydrogen-bond donors (Lipinski definition) is 0. The Hall–Kier alpha value is -2.25. The van der Waals surface area contributed by atoms with E-state index in [9.17, 15) is 14.4 Å². The van der Waals surface area contributed by atoms with Gasteiger partial charge in [-0.2, -0.15) is 0 Å². The molecule has 0 spiro atoms. The quantitative estimate of drug-likeness (QED) is 0.395. The Morgan fingerprint density at radius 2 is 2.18 bits per heavy atom. The number of rotatable bonds is 6. The lowest BCUT2D eigenvalue weighted by Crippen LogP contribution is -2.62. The molecule has 0 aliphatic carbocycles. The Morgan fingerprint density at radius 1 is 1.45 bits per heavy atom. The van der Waals surface area contributed by atoms with E-state index in [4.69, 9.17) is 4.74 Å². The number of hydrogen-bond acceptors (Lipinski definition) is 5. The van der Waals surface area contributed by atoms with Gasteiger partial charge in [0.1, 0.15) is 0 Å². The summed E-state index contributed by atoms with van der Waals surface area (Å²) in [6.45, 7) is 2.39. The fourth-order valence-corrected chi connectivity index (χ4v) is 2.36. The maximum Gasteiger partial charge on any atom is 0.333 e. The van der Waals surface area contributed by atoms with Gasteiger partial charge in [-0.3, -0.25) is 19.4 Å². The van der Waals surface area contributed by atoms with Gasteiger partial charge in [0, 0.05) is 13.6 Å². The molecule has 2 aliphatic rings. The van der Waals surface area contributed by atoms with E-state index < -0.39 is 18.0 Å². The van der Waals surface area contributed by atoms with Crippen molar-refractivity contribution in [2.45, 2.75) is 32.2 Å². The van der Waals surface area contributed by atoms with Crippen LogP contribution in [0.3, 0.4) is 0 Å². The molecule has 1 atom stereocenters. The van der Waals surface area contributed by atoms with E-state index in [2.05, 4.69) is 4.99 Å². The average molecular weight is 309 g/mol. The molecule has 120 valence electrons. The Kier molecular flexibility index (Phi) is 4.89. The highest BCUT2D eigenvalue weighted by Gasteiger charge is 2.50. The van der Waals surface area contributed by atoms with Crippen molar-refractivity contribution in [3.8, 4) is 0 Å². The van der Waals surface area contributed by atoms with E-state index >= 15 is 0 Å². The van der Waals surface area contributed by atoms with Crippen LogP contribution in [0.1, 0.15) is 26.2 Å². The number of ether oxygens (including phenoxy) is 1. The van der Waals surface area contributed by atoms with Crippen LogP contribution in [0, 0.1) is 0 Å². The fraction of sp³-hybridized carbons (Fsp3) is 0.643. The number of likely N-dealkylation sites (N-methyl/N-ethyl adjacent to an activating group) is 2. The zero-order valence-electron chi connectivity index (χ0n) is 13.1. The molecule has 2 heterocycles. The van der Waals surface area contributed by atoms with Crippen LogP contribution in [0.15, 0.2) is 4.99 Å². The van der Waals surface area contributed by atoms with Crippen molar-refractivity contribution in [1.29, 1.82) is 0 Å².